The molecule has 3 aliphatic rings. The third-order valence-electron chi connectivity index (χ3n) is 7.29. The number of halogens is 1. The lowest BCUT2D eigenvalue weighted by Gasteiger charge is -2.49. The van der Waals surface area contributed by atoms with Gasteiger partial charge in [0, 0.05) is 58.5 Å². The lowest BCUT2D eigenvalue weighted by molar-refractivity contribution is -0.149. The van der Waals surface area contributed by atoms with Gasteiger partial charge in [-0.05, 0) is 49.3 Å². The third-order valence-corrected chi connectivity index (χ3v) is 7.29. The van der Waals surface area contributed by atoms with Crippen LogP contribution in [0.4, 0.5) is 4.39 Å². The van der Waals surface area contributed by atoms with E-state index < -0.39 is 0 Å². The average Bonchev–Trinajstić information content (AvgIpc) is 2.74. The van der Waals surface area contributed by atoms with Gasteiger partial charge in [0.2, 0.25) is 5.91 Å². The summed E-state index contributed by atoms with van der Waals surface area (Å²) in [6.45, 7) is 12.8. The monoisotopic (exact) mass is 431 g/mol. The number of piperazine rings is 1. The Morgan fingerprint density at radius 2 is 1.90 bits per heavy atom. The number of hydrogen-bond donors (Lipinski definition) is 0. The van der Waals surface area contributed by atoms with Crippen molar-refractivity contribution in [3.63, 3.8) is 0 Å². The van der Waals surface area contributed by atoms with Crippen LogP contribution in [-0.4, -0.2) is 84.7 Å². The molecular weight excluding hydrogens is 393 g/mol. The van der Waals surface area contributed by atoms with Crippen molar-refractivity contribution >= 4 is 5.91 Å². The molecule has 0 bridgehead atoms. The summed E-state index contributed by atoms with van der Waals surface area (Å²) in [5, 5.41) is 0. The molecule has 0 unspecified atom stereocenters. The zero-order chi connectivity index (χ0) is 21.8. The Hall–Kier alpha value is -1.50. The maximum absolute atomic E-state index is 13.4. The minimum atomic E-state index is -0.283. The zero-order valence-corrected chi connectivity index (χ0v) is 19.2. The SMILES string of the molecule is CC(C)CN1CCN([C@@H]2CCOC3(CCN(C(=O)Cc4cccc(F)c4)CC3)C2)CC1. The van der Waals surface area contributed by atoms with Crippen LogP contribution in [0.15, 0.2) is 24.3 Å². The van der Waals surface area contributed by atoms with E-state index in [1.165, 1.54) is 31.8 Å². The maximum Gasteiger partial charge on any atom is 0.226 e. The van der Waals surface area contributed by atoms with Crippen molar-refractivity contribution in [2.45, 2.75) is 57.6 Å². The number of ether oxygens (including phenoxy) is 1. The van der Waals surface area contributed by atoms with Crippen LogP contribution >= 0.6 is 0 Å². The highest BCUT2D eigenvalue weighted by atomic mass is 19.1. The Morgan fingerprint density at radius 1 is 1.16 bits per heavy atom. The molecule has 0 radical (unpaired) electrons. The van der Waals surface area contributed by atoms with Gasteiger partial charge in [0.25, 0.3) is 0 Å². The van der Waals surface area contributed by atoms with Crippen LogP contribution in [0.3, 0.4) is 0 Å². The first kappa shape index (κ1) is 22.7. The number of benzene rings is 1. The number of hydrogen-bond acceptors (Lipinski definition) is 4. The molecule has 3 saturated heterocycles. The number of carbonyl (C=O) groups is 1. The molecule has 4 rings (SSSR count). The summed E-state index contributed by atoms with van der Waals surface area (Å²) >= 11 is 0. The van der Waals surface area contributed by atoms with Crippen molar-refractivity contribution in [2.24, 2.45) is 5.92 Å². The van der Waals surface area contributed by atoms with E-state index >= 15 is 0 Å². The number of amides is 1. The third kappa shape index (κ3) is 5.85. The number of rotatable bonds is 5. The van der Waals surface area contributed by atoms with Crippen molar-refractivity contribution < 1.29 is 13.9 Å². The molecule has 1 spiro atoms. The zero-order valence-electron chi connectivity index (χ0n) is 19.2. The van der Waals surface area contributed by atoms with Crippen molar-refractivity contribution in [1.82, 2.24) is 14.7 Å². The summed E-state index contributed by atoms with van der Waals surface area (Å²) < 4.78 is 19.8. The number of likely N-dealkylation sites (tertiary alicyclic amines) is 1. The van der Waals surface area contributed by atoms with E-state index in [-0.39, 0.29) is 23.7 Å². The van der Waals surface area contributed by atoms with Gasteiger partial charge >= 0.3 is 0 Å². The van der Waals surface area contributed by atoms with Gasteiger partial charge in [0.15, 0.2) is 0 Å². The van der Waals surface area contributed by atoms with Crippen LogP contribution < -0.4 is 0 Å². The summed E-state index contributed by atoms with van der Waals surface area (Å²) in [5.41, 5.74) is 0.670. The van der Waals surface area contributed by atoms with E-state index in [2.05, 4.69) is 23.6 Å². The first-order chi connectivity index (χ1) is 14.9. The van der Waals surface area contributed by atoms with Crippen LogP contribution in [0.25, 0.3) is 0 Å². The fourth-order valence-corrected chi connectivity index (χ4v) is 5.59. The molecular formula is C25H38FN3O2. The molecule has 172 valence electrons. The Kier molecular flexibility index (Phi) is 7.29. The number of nitrogens with zero attached hydrogens (tertiary/aromatic N) is 3. The van der Waals surface area contributed by atoms with Gasteiger partial charge in [0.1, 0.15) is 5.82 Å². The van der Waals surface area contributed by atoms with Gasteiger partial charge < -0.3 is 14.5 Å². The van der Waals surface area contributed by atoms with E-state index in [9.17, 15) is 9.18 Å². The van der Waals surface area contributed by atoms with E-state index in [1.807, 2.05) is 11.0 Å². The van der Waals surface area contributed by atoms with E-state index in [0.29, 0.717) is 6.04 Å². The molecule has 6 heteroatoms. The first-order valence-corrected chi connectivity index (χ1v) is 12.0. The predicted octanol–water partition coefficient (Wildman–Crippen LogP) is 3.18. The molecule has 1 aromatic rings. The van der Waals surface area contributed by atoms with Gasteiger partial charge in [0.05, 0.1) is 12.0 Å². The Bertz CT molecular complexity index is 740. The summed E-state index contributed by atoms with van der Waals surface area (Å²) in [5.74, 6) is 0.537. The van der Waals surface area contributed by atoms with Crippen molar-refractivity contribution in [1.29, 1.82) is 0 Å². The van der Waals surface area contributed by atoms with E-state index in [1.54, 1.807) is 6.07 Å². The van der Waals surface area contributed by atoms with Crippen molar-refractivity contribution in [3.8, 4) is 0 Å². The molecule has 0 aromatic heterocycles. The number of carbonyl (C=O) groups excluding carboxylic acids is 1. The predicted molar refractivity (Wildman–Crippen MR) is 120 cm³/mol. The van der Waals surface area contributed by atoms with Crippen LogP contribution in [0, 0.1) is 11.7 Å². The molecule has 5 nitrogen and oxygen atoms in total. The van der Waals surface area contributed by atoms with E-state index in [0.717, 1.165) is 70.0 Å². The molecule has 1 aromatic carbocycles. The Labute approximate surface area is 186 Å². The lowest BCUT2D eigenvalue weighted by Crippen LogP contribution is -2.57. The standard InChI is InChI=1S/C25H38FN3O2/c1-20(2)19-27-11-13-28(14-12-27)23-6-15-31-25(18-23)7-9-29(10-8-25)24(30)17-21-4-3-5-22(26)16-21/h3-5,16,20,23H,6-15,17-19H2,1-2H3/t23-/m1/s1. The fraction of sp³-hybridized carbons (Fsp3) is 0.720. The van der Waals surface area contributed by atoms with Gasteiger partial charge in [-0.1, -0.05) is 26.0 Å². The van der Waals surface area contributed by atoms with Crippen molar-refractivity contribution in [3.05, 3.63) is 35.6 Å². The van der Waals surface area contributed by atoms with Crippen LogP contribution in [0.1, 0.15) is 45.1 Å². The minimum Gasteiger partial charge on any atom is -0.375 e. The number of piperidine rings is 1. The second-order valence-electron chi connectivity index (χ2n) is 10.1. The summed E-state index contributed by atoms with van der Waals surface area (Å²) in [6.07, 6.45) is 4.30. The molecule has 31 heavy (non-hydrogen) atoms. The van der Waals surface area contributed by atoms with Crippen LogP contribution in [0.5, 0.6) is 0 Å². The van der Waals surface area contributed by atoms with Gasteiger partial charge in [-0.3, -0.25) is 9.69 Å². The van der Waals surface area contributed by atoms with Crippen LogP contribution in [-0.2, 0) is 16.0 Å². The van der Waals surface area contributed by atoms with E-state index in [4.69, 9.17) is 4.74 Å². The lowest BCUT2D eigenvalue weighted by atomic mass is 9.81. The first-order valence-electron chi connectivity index (χ1n) is 12.0. The summed E-state index contributed by atoms with van der Waals surface area (Å²) in [7, 11) is 0. The second kappa shape index (κ2) is 9.97. The maximum atomic E-state index is 13.4. The Morgan fingerprint density at radius 3 is 2.58 bits per heavy atom. The van der Waals surface area contributed by atoms with Gasteiger partial charge in [-0.15, -0.1) is 0 Å². The van der Waals surface area contributed by atoms with Crippen LogP contribution in [0.2, 0.25) is 0 Å². The molecule has 3 heterocycles. The normalized spacial score (nSPS) is 25.3. The summed E-state index contributed by atoms with van der Waals surface area (Å²) in [4.78, 5) is 19.9. The molecule has 0 aliphatic carbocycles. The molecule has 3 fully saturated rings. The summed E-state index contributed by atoms with van der Waals surface area (Å²) in [6, 6.07) is 6.97. The van der Waals surface area contributed by atoms with Gasteiger partial charge in [-0.25, -0.2) is 4.39 Å². The second-order valence-corrected chi connectivity index (χ2v) is 10.1. The molecule has 1 amide bonds. The quantitative estimate of drug-likeness (QED) is 0.718. The Balaban J connectivity index is 1.27. The molecule has 3 aliphatic heterocycles. The molecule has 0 N–H and O–H groups in total. The molecule has 0 saturated carbocycles. The highest BCUT2D eigenvalue weighted by Crippen LogP contribution is 2.37. The average molecular weight is 432 g/mol. The highest BCUT2D eigenvalue weighted by Gasteiger charge is 2.42. The van der Waals surface area contributed by atoms with Crippen molar-refractivity contribution in [2.75, 3.05) is 52.4 Å². The van der Waals surface area contributed by atoms with Gasteiger partial charge in [-0.2, -0.15) is 0 Å². The largest absolute Gasteiger partial charge is 0.375 e. The smallest absolute Gasteiger partial charge is 0.226 e. The minimum absolute atomic E-state index is 0.0758. The topological polar surface area (TPSA) is 36.0 Å². The fourth-order valence-electron chi connectivity index (χ4n) is 5.59. The highest BCUT2D eigenvalue weighted by molar-refractivity contribution is 5.78. The molecule has 1 atom stereocenters.